The highest BCUT2D eigenvalue weighted by Gasteiger charge is 2.16. The fourth-order valence-electron chi connectivity index (χ4n) is 7.49. The van der Waals surface area contributed by atoms with E-state index in [0.29, 0.717) is 0 Å². The van der Waals surface area contributed by atoms with Crippen LogP contribution in [0.4, 0.5) is 17.1 Å². The summed E-state index contributed by atoms with van der Waals surface area (Å²) in [5.41, 5.74) is 8.20. The SMILES string of the molecule is c1ccc(-c2cccc(N(c3ccc(-c4ccc5cc6c(cc5c4)sc4ccccc46)cc3)c3ccc4c(ccc5ccccc54)c3)c2)cc1. The highest BCUT2D eigenvalue weighted by atomic mass is 32.1. The second kappa shape index (κ2) is 11.7. The fourth-order valence-corrected chi connectivity index (χ4v) is 8.63. The zero-order valence-electron chi connectivity index (χ0n) is 27.3. The van der Waals surface area contributed by atoms with Gasteiger partial charge in [-0.15, -0.1) is 11.3 Å². The Hall–Kier alpha value is -6.22. The molecule has 50 heavy (non-hydrogen) atoms. The average molecular weight is 654 g/mol. The van der Waals surface area contributed by atoms with Gasteiger partial charge in [-0.1, -0.05) is 127 Å². The fraction of sp³-hybridized carbons (Fsp3) is 0. The molecule has 0 aliphatic carbocycles. The molecule has 0 aliphatic rings. The molecule has 0 spiro atoms. The van der Waals surface area contributed by atoms with Gasteiger partial charge in [-0.05, 0) is 115 Å². The summed E-state index contributed by atoms with van der Waals surface area (Å²) in [6.45, 7) is 0. The molecule has 1 nitrogen and oxygen atoms in total. The Morgan fingerprint density at radius 1 is 0.280 bits per heavy atom. The summed E-state index contributed by atoms with van der Waals surface area (Å²) in [5, 5.41) is 10.3. The van der Waals surface area contributed by atoms with Gasteiger partial charge in [-0.25, -0.2) is 0 Å². The van der Waals surface area contributed by atoms with E-state index in [0.717, 1.165) is 17.1 Å². The maximum absolute atomic E-state index is 2.38. The molecule has 234 valence electrons. The highest BCUT2D eigenvalue weighted by Crippen LogP contribution is 2.41. The van der Waals surface area contributed by atoms with Crippen LogP contribution in [0.25, 0.3) is 74.7 Å². The first-order valence-corrected chi connectivity index (χ1v) is 17.9. The lowest BCUT2D eigenvalue weighted by atomic mass is 9.99. The summed E-state index contributed by atoms with van der Waals surface area (Å²) in [6, 6.07) is 68.8. The van der Waals surface area contributed by atoms with E-state index < -0.39 is 0 Å². The second-order valence-electron chi connectivity index (χ2n) is 13.0. The van der Waals surface area contributed by atoms with Crippen molar-refractivity contribution in [1.29, 1.82) is 0 Å². The van der Waals surface area contributed by atoms with E-state index in [4.69, 9.17) is 0 Å². The summed E-state index contributed by atoms with van der Waals surface area (Å²) >= 11 is 1.87. The molecule has 2 heteroatoms. The summed E-state index contributed by atoms with van der Waals surface area (Å²) < 4.78 is 2.68. The van der Waals surface area contributed by atoms with Gasteiger partial charge in [0.25, 0.3) is 0 Å². The van der Waals surface area contributed by atoms with E-state index in [2.05, 4.69) is 193 Å². The molecule has 10 aromatic rings. The summed E-state index contributed by atoms with van der Waals surface area (Å²) in [5.74, 6) is 0. The van der Waals surface area contributed by atoms with Gasteiger partial charge in [0.2, 0.25) is 0 Å². The van der Waals surface area contributed by atoms with E-state index in [-0.39, 0.29) is 0 Å². The van der Waals surface area contributed by atoms with Crippen LogP contribution in [0.5, 0.6) is 0 Å². The van der Waals surface area contributed by atoms with Crippen LogP contribution in [0.15, 0.2) is 188 Å². The van der Waals surface area contributed by atoms with Crippen molar-refractivity contribution in [3.63, 3.8) is 0 Å². The largest absolute Gasteiger partial charge is 0.310 e. The van der Waals surface area contributed by atoms with Crippen molar-refractivity contribution in [1.82, 2.24) is 0 Å². The number of rotatable bonds is 5. The molecule has 0 radical (unpaired) electrons. The van der Waals surface area contributed by atoms with Crippen molar-refractivity contribution < 1.29 is 0 Å². The number of benzene rings is 9. The Balaban J connectivity index is 1.07. The molecule has 0 atom stereocenters. The third kappa shape index (κ3) is 4.92. The van der Waals surface area contributed by atoms with Crippen LogP contribution in [-0.2, 0) is 0 Å². The Kier molecular flexibility index (Phi) is 6.75. The number of hydrogen-bond acceptors (Lipinski definition) is 2. The molecule has 0 saturated heterocycles. The molecule has 1 heterocycles. The topological polar surface area (TPSA) is 3.24 Å². The predicted octanol–water partition coefficient (Wildman–Crippen LogP) is 14.3. The monoisotopic (exact) mass is 653 g/mol. The van der Waals surface area contributed by atoms with Gasteiger partial charge in [-0.2, -0.15) is 0 Å². The first-order valence-electron chi connectivity index (χ1n) is 17.1. The predicted molar refractivity (Wildman–Crippen MR) is 217 cm³/mol. The highest BCUT2D eigenvalue weighted by molar-refractivity contribution is 7.25. The number of fused-ring (bicyclic) bond motifs is 7. The van der Waals surface area contributed by atoms with Crippen LogP contribution >= 0.6 is 11.3 Å². The number of hydrogen-bond donors (Lipinski definition) is 0. The van der Waals surface area contributed by atoms with E-state index >= 15 is 0 Å². The van der Waals surface area contributed by atoms with Crippen LogP contribution in [0, 0.1) is 0 Å². The lowest BCUT2D eigenvalue weighted by Gasteiger charge is -2.27. The van der Waals surface area contributed by atoms with Crippen molar-refractivity contribution in [2.24, 2.45) is 0 Å². The molecular weight excluding hydrogens is 623 g/mol. The molecule has 0 amide bonds. The van der Waals surface area contributed by atoms with E-state index in [1.165, 1.54) is 74.7 Å². The Labute approximate surface area is 294 Å². The zero-order valence-corrected chi connectivity index (χ0v) is 28.1. The van der Waals surface area contributed by atoms with Crippen LogP contribution in [-0.4, -0.2) is 0 Å². The van der Waals surface area contributed by atoms with Crippen molar-refractivity contribution >= 4 is 80.9 Å². The maximum Gasteiger partial charge on any atom is 0.0468 e. The summed E-state index contributed by atoms with van der Waals surface area (Å²) in [6.07, 6.45) is 0. The van der Waals surface area contributed by atoms with Gasteiger partial charge >= 0.3 is 0 Å². The standard InChI is InChI=1S/C48H31NS/c1-2-9-32(10-3-1)35-12-8-13-41(28-35)49(42-25-26-44-38(29-42)20-17-34-11-4-5-14-43(34)44)40-23-21-33(22-24-40)36-18-19-37-30-46-45-15-6-7-16-47(45)50-48(46)31-39(37)27-36/h1-31H. The van der Waals surface area contributed by atoms with Gasteiger partial charge in [0.05, 0.1) is 0 Å². The van der Waals surface area contributed by atoms with Gasteiger partial charge < -0.3 is 4.90 Å². The Bertz CT molecular complexity index is 2870. The first-order chi connectivity index (χ1) is 24.7. The molecule has 0 fully saturated rings. The van der Waals surface area contributed by atoms with Gasteiger partial charge in [0.15, 0.2) is 0 Å². The third-order valence-corrected chi connectivity index (χ3v) is 11.1. The van der Waals surface area contributed by atoms with Crippen LogP contribution in [0.3, 0.4) is 0 Å². The number of nitrogens with zero attached hydrogens (tertiary/aromatic N) is 1. The molecule has 0 unspecified atom stereocenters. The minimum absolute atomic E-state index is 1.12. The van der Waals surface area contributed by atoms with Gasteiger partial charge in [0, 0.05) is 37.2 Å². The van der Waals surface area contributed by atoms with Crippen molar-refractivity contribution in [3.05, 3.63) is 188 Å². The van der Waals surface area contributed by atoms with Crippen molar-refractivity contribution in [2.75, 3.05) is 4.90 Å². The van der Waals surface area contributed by atoms with Crippen molar-refractivity contribution in [2.45, 2.75) is 0 Å². The number of anilines is 3. The minimum atomic E-state index is 1.12. The van der Waals surface area contributed by atoms with E-state index in [9.17, 15) is 0 Å². The van der Waals surface area contributed by atoms with Gasteiger partial charge in [0.1, 0.15) is 0 Å². The molecule has 1 aromatic heterocycles. The lowest BCUT2D eigenvalue weighted by Crippen LogP contribution is -2.10. The van der Waals surface area contributed by atoms with E-state index in [1.807, 2.05) is 11.3 Å². The summed E-state index contributed by atoms with van der Waals surface area (Å²) in [4.78, 5) is 2.38. The van der Waals surface area contributed by atoms with Crippen molar-refractivity contribution in [3.8, 4) is 22.3 Å². The summed E-state index contributed by atoms with van der Waals surface area (Å²) in [7, 11) is 0. The van der Waals surface area contributed by atoms with Crippen LogP contribution < -0.4 is 4.90 Å². The first kappa shape index (κ1) is 28.8. The van der Waals surface area contributed by atoms with E-state index in [1.54, 1.807) is 0 Å². The second-order valence-corrected chi connectivity index (χ2v) is 14.1. The molecule has 0 saturated carbocycles. The quantitative estimate of drug-likeness (QED) is 0.167. The molecule has 0 bridgehead atoms. The van der Waals surface area contributed by atoms with Crippen LogP contribution in [0.2, 0.25) is 0 Å². The maximum atomic E-state index is 2.38. The normalized spacial score (nSPS) is 11.6. The Morgan fingerprint density at radius 3 is 1.82 bits per heavy atom. The molecule has 0 N–H and O–H groups in total. The minimum Gasteiger partial charge on any atom is -0.310 e. The molecule has 10 rings (SSSR count). The van der Waals surface area contributed by atoms with Crippen LogP contribution in [0.1, 0.15) is 0 Å². The molecule has 0 aliphatic heterocycles. The Morgan fingerprint density at radius 2 is 0.920 bits per heavy atom. The average Bonchev–Trinajstić information content (AvgIpc) is 3.55. The smallest absolute Gasteiger partial charge is 0.0468 e. The zero-order chi connectivity index (χ0) is 33.0. The molecule has 9 aromatic carbocycles. The number of thiophene rings is 1. The van der Waals surface area contributed by atoms with Gasteiger partial charge in [-0.3, -0.25) is 0 Å². The third-order valence-electron chi connectivity index (χ3n) is 9.99. The molecular formula is C48H31NS. The lowest BCUT2D eigenvalue weighted by molar-refractivity contribution is 1.29.